The van der Waals surface area contributed by atoms with Crippen molar-refractivity contribution in [2.75, 3.05) is 31.1 Å². The van der Waals surface area contributed by atoms with Crippen molar-refractivity contribution in [3.05, 3.63) is 47.8 Å². The van der Waals surface area contributed by atoms with Crippen molar-refractivity contribution >= 4 is 21.7 Å². The predicted molar refractivity (Wildman–Crippen MR) is 94.5 cm³/mol. The summed E-state index contributed by atoms with van der Waals surface area (Å²) in [6.45, 7) is 3.96. The summed E-state index contributed by atoms with van der Waals surface area (Å²) in [4.78, 5) is 13.3. The van der Waals surface area contributed by atoms with Gasteiger partial charge in [-0.3, -0.25) is 0 Å². The molecule has 1 fully saturated rings. The van der Waals surface area contributed by atoms with Gasteiger partial charge >= 0.3 is 5.97 Å². The fourth-order valence-corrected chi connectivity index (χ4v) is 4.54. The minimum Gasteiger partial charge on any atom is -0.477 e. The zero-order valence-corrected chi connectivity index (χ0v) is 15.0. The Hall–Kier alpha value is -2.32. The monoisotopic (exact) mass is 363 g/mol. The smallest absolute Gasteiger partial charge is 0.352 e. The first-order valence-electron chi connectivity index (χ1n) is 8.00. The Morgan fingerprint density at radius 2 is 1.80 bits per heavy atom. The molecule has 0 saturated carbocycles. The van der Waals surface area contributed by atoms with Crippen LogP contribution in [0, 0.1) is 6.92 Å². The van der Waals surface area contributed by atoms with Crippen LogP contribution in [0.4, 0.5) is 5.69 Å². The molecule has 134 valence electrons. The second-order valence-corrected chi connectivity index (χ2v) is 8.15. The number of carbonyl (C=O) groups is 1. The summed E-state index contributed by atoms with van der Waals surface area (Å²) < 4.78 is 28.3. The Morgan fingerprint density at radius 3 is 2.36 bits per heavy atom. The zero-order chi connectivity index (χ0) is 18.2. The molecule has 1 N–H and O–H groups in total. The van der Waals surface area contributed by atoms with E-state index in [0.717, 1.165) is 11.3 Å². The van der Waals surface area contributed by atoms with Gasteiger partial charge in [-0.05, 0) is 30.7 Å². The predicted octanol–water partition coefficient (Wildman–Crippen LogP) is 1.54. The number of aromatic nitrogens is 1. The molecule has 0 amide bonds. The lowest BCUT2D eigenvalue weighted by atomic mass is 10.2. The van der Waals surface area contributed by atoms with Gasteiger partial charge in [-0.2, -0.15) is 4.31 Å². The minimum absolute atomic E-state index is 0.0244. The van der Waals surface area contributed by atoms with E-state index in [1.165, 1.54) is 28.2 Å². The van der Waals surface area contributed by atoms with Crippen LogP contribution in [-0.4, -0.2) is 54.5 Å². The summed E-state index contributed by atoms with van der Waals surface area (Å²) in [5, 5.41) is 9.10. The van der Waals surface area contributed by atoms with Gasteiger partial charge in [-0.25, -0.2) is 13.2 Å². The van der Waals surface area contributed by atoms with Crippen molar-refractivity contribution < 1.29 is 18.3 Å². The Balaban J connectivity index is 1.75. The molecule has 1 aliphatic heterocycles. The van der Waals surface area contributed by atoms with Crippen molar-refractivity contribution in [3.63, 3.8) is 0 Å². The topological polar surface area (TPSA) is 82.8 Å². The molecule has 0 unspecified atom stereocenters. The summed E-state index contributed by atoms with van der Waals surface area (Å²) in [5.41, 5.74) is 2.21. The fraction of sp³-hybridized carbons (Fsp3) is 0.353. The van der Waals surface area contributed by atoms with E-state index in [0.29, 0.717) is 26.2 Å². The van der Waals surface area contributed by atoms with Gasteiger partial charge in [-0.15, -0.1) is 0 Å². The Morgan fingerprint density at radius 1 is 1.12 bits per heavy atom. The average Bonchev–Trinajstić information content (AvgIpc) is 2.98. The number of benzene rings is 1. The second-order valence-electron chi connectivity index (χ2n) is 6.21. The van der Waals surface area contributed by atoms with Gasteiger partial charge in [0, 0.05) is 45.1 Å². The highest BCUT2D eigenvalue weighted by Gasteiger charge is 2.30. The molecule has 1 aliphatic rings. The van der Waals surface area contributed by atoms with Gasteiger partial charge in [-0.1, -0.05) is 12.1 Å². The molecule has 0 aliphatic carbocycles. The van der Waals surface area contributed by atoms with Gasteiger partial charge in [0.25, 0.3) is 0 Å². The van der Waals surface area contributed by atoms with Crippen molar-refractivity contribution in [1.29, 1.82) is 0 Å². The number of hydrogen-bond acceptors (Lipinski definition) is 4. The number of rotatable bonds is 4. The third-order valence-corrected chi connectivity index (χ3v) is 6.31. The number of carboxylic acid groups (broad SMARTS) is 1. The maximum Gasteiger partial charge on any atom is 0.352 e. The summed E-state index contributed by atoms with van der Waals surface area (Å²) >= 11 is 0. The third kappa shape index (κ3) is 3.40. The lowest BCUT2D eigenvalue weighted by Crippen LogP contribution is -2.48. The second kappa shape index (κ2) is 6.53. The molecule has 25 heavy (non-hydrogen) atoms. The van der Waals surface area contributed by atoms with Crippen molar-refractivity contribution in [1.82, 2.24) is 8.87 Å². The Bertz CT molecular complexity index is 896. The number of sulfonamides is 1. The van der Waals surface area contributed by atoms with Crippen molar-refractivity contribution in [3.8, 4) is 0 Å². The van der Waals surface area contributed by atoms with Crippen LogP contribution in [0.2, 0.25) is 0 Å². The molecule has 0 radical (unpaired) electrons. The van der Waals surface area contributed by atoms with Gasteiger partial charge in [0.15, 0.2) is 0 Å². The largest absolute Gasteiger partial charge is 0.477 e. The van der Waals surface area contributed by atoms with Crippen LogP contribution in [0.3, 0.4) is 0 Å². The molecule has 0 atom stereocenters. The molecule has 2 heterocycles. The van der Waals surface area contributed by atoms with Crippen LogP contribution in [0.15, 0.2) is 41.4 Å². The maximum absolute atomic E-state index is 12.8. The highest BCUT2D eigenvalue weighted by Crippen LogP contribution is 2.23. The number of anilines is 1. The number of aryl methyl sites for hydroxylation is 2. The number of nitrogens with zero attached hydrogens (tertiary/aromatic N) is 3. The standard InChI is InChI=1S/C17H21N3O4S/c1-13-4-3-5-14(10-13)19-6-8-20(9-7-19)25(23,24)15-11-16(17(21)22)18(2)12-15/h3-5,10-12H,6-9H2,1-2H3,(H,21,22). The summed E-state index contributed by atoms with van der Waals surface area (Å²) in [7, 11) is -2.16. The van der Waals surface area contributed by atoms with Crippen LogP contribution in [-0.2, 0) is 17.1 Å². The number of carboxylic acids is 1. The van der Waals surface area contributed by atoms with E-state index in [1.54, 1.807) is 0 Å². The van der Waals surface area contributed by atoms with Crippen LogP contribution in [0.25, 0.3) is 0 Å². The van der Waals surface area contributed by atoms with E-state index in [9.17, 15) is 13.2 Å². The number of hydrogen-bond donors (Lipinski definition) is 1. The van der Waals surface area contributed by atoms with E-state index in [2.05, 4.69) is 11.0 Å². The van der Waals surface area contributed by atoms with Crippen LogP contribution >= 0.6 is 0 Å². The molecule has 0 spiro atoms. The highest BCUT2D eigenvalue weighted by molar-refractivity contribution is 7.89. The first-order chi connectivity index (χ1) is 11.8. The first kappa shape index (κ1) is 17.5. The summed E-state index contributed by atoms with van der Waals surface area (Å²) in [6, 6.07) is 9.34. The molecule has 1 aromatic carbocycles. The number of aromatic carboxylic acids is 1. The maximum atomic E-state index is 12.8. The molecular formula is C17H21N3O4S. The van der Waals surface area contributed by atoms with E-state index in [4.69, 9.17) is 5.11 Å². The molecule has 3 rings (SSSR count). The lowest BCUT2D eigenvalue weighted by molar-refractivity contribution is 0.0686. The van der Waals surface area contributed by atoms with Crippen molar-refractivity contribution in [2.45, 2.75) is 11.8 Å². The minimum atomic E-state index is -3.69. The molecule has 7 nitrogen and oxygen atoms in total. The Labute approximate surface area is 147 Å². The normalized spacial score (nSPS) is 16.2. The van der Waals surface area contributed by atoms with E-state index >= 15 is 0 Å². The molecule has 0 bridgehead atoms. The van der Waals surface area contributed by atoms with Gasteiger partial charge < -0.3 is 14.6 Å². The number of piperazine rings is 1. The van der Waals surface area contributed by atoms with E-state index < -0.39 is 16.0 Å². The summed E-state index contributed by atoms with van der Waals surface area (Å²) in [5.74, 6) is -1.15. The SMILES string of the molecule is Cc1cccc(N2CCN(S(=O)(=O)c3cc(C(=O)O)n(C)c3)CC2)c1. The van der Waals surface area contributed by atoms with Gasteiger partial charge in [0.1, 0.15) is 10.6 Å². The van der Waals surface area contributed by atoms with Gasteiger partial charge in [0.2, 0.25) is 10.0 Å². The van der Waals surface area contributed by atoms with E-state index in [-0.39, 0.29) is 10.6 Å². The van der Waals surface area contributed by atoms with Gasteiger partial charge in [0.05, 0.1) is 0 Å². The van der Waals surface area contributed by atoms with Crippen LogP contribution in [0.1, 0.15) is 16.1 Å². The van der Waals surface area contributed by atoms with Crippen molar-refractivity contribution in [2.24, 2.45) is 7.05 Å². The van der Waals surface area contributed by atoms with E-state index in [1.807, 2.05) is 25.1 Å². The highest BCUT2D eigenvalue weighted by atomic mass is 32.2. The average molecular weight is 363 g/mol. The quantitative estimate of drug-likeness (QED) is 0.891. The Kier molecular flexibility index (Phi) is 4.57. The molecule has 2 aromatic rings. The van der Waals surface area contributed by atoms with Crippen LogP contribution in [0.5, 0.6) is 0 Å². The third-order valence-electron chi connectivity index (χ3n) is 4.44. The zero-order valence-electron chi connectivity index (χ0n) is 14.2. The fourth-order valence-electron chi connectivity index (χ4n) is 3.05. The molecule has 1 aromatic heterocycles. The summed E-state index contributed by atoms with van der Waals surface area (Å²) in [6.07, 6.45) is 1.35. The van der Waals surface area contributed by atoms with Crippen LogP contribution < -0.4 is 4.90 Å². The molecule has 8 heteroatoms. The lowest BCUT2D eigenvalue weighted by Gasteiger charge is -2.35. The first-order valence-corrected chi connectivity index (χ1v) is 9.44. The molecular weight excluding hydrogens is 342 g/mol. The molecule has 1 saturated heterocycles.